The van der Waals surface area contributed by atoms with Gasteiger partial charge in [0.15, 0.2) is 12.4 Å². The third-order valence-electron chi connectivity index (χ3n) is 3.66. The Balaban J connectivity index is 1.41. The van der Waals surface area contributed by atoms with Crippen molar-refractivity contribution in [3.05, 3.63) is 78.4 Å². The highest BCUT2D eigenvalue weighted by Gasteiger charge is 2.04. The van der Waals surface area contributed by atoms with Gasteiger partial charge >= 0.3 is 0 Å². The Labute approximate surface area is 150 Å². The molecule has 0 atom stereocenters. The topological polar surface area (TPSA) is 64.1 Å². The molecule has 0 bridgehead atoms. The third-order valence-corrected chi connectivity index (χ3v) is 3.66. The second kappa shape index (κ2) is 8.71. The highest BCUT2D eigenvalue weighted by Crippen LogP contribution is 2.13. The molecule has 6 heteroatoms. The second-order valence-electron chi connectivity index (χ2n) is 5.62. The first-order chi connectivity index (χ1) is 12.7. The maximum absolute atomic E-state index is 12.8. The molecule has 0 aliphatic rings. The van der Waals surface area contributed by atoms with Crippen molar-refractivity contribution in [3.63, 3.8) is 0 Å². The molecule has 2 aromatic carbocycles. The molecule has 3 aromatic rings. The molecule has 26 heavy (non-hydrogen) atoms. The first-order valence-corrected chi connectivity index (χ1v) is 8.22. The van der Waals surface area contributed by atoms with E-state index in [1.807, 2.05) is 30.3 Å². The number of halogens is 1. The Hall–Kier alpha value is -3.28. The summed E-state index contributed by atoms with van der Waals surface area (Å²) in [5.41, 5.74) is 1.90. The van der Waals surface area contributed by atoms with E-state index in [0.717, 1.165) is 11.1 Å². The Morgan fingerprint density at radius 2 is 1.69 bits per heavy atom. The summed E-state index contributed by atoms with van der Waals surface area (Å²) in [6.45, 7) is 0.342. The lowest BCUT2D eigenvalue weighted by Crippen LogP contribution is -2.30. The Bertz CT molecular complexity index is 837. The molecule has 132 valence electrons. The molecule has 0 aliphatic carbocycles. The summed E-state index contributed by atoms with van der Waals surface area (Å²) in [7, 11) is 0. The largest absolute Gasteiger partial charge is 0.484 e. The molecule has 1 amide bonds. The lowest BCUT2D eigenvalue weighted by atomic mass is 10.2. The van der Waals surface area contributed by atoms with Gasteiger partial charge in [0.25, 0.3) is 5.91 Å². The van der Waals surface area contributed by atoms with Crippen LogP contribution in [0.15, 0.2) is 67.0 Å². The second-order valence-corrected chi connectivity index (χ2v) is 5.62. The van der Waals surface area contributed by atoms with Crippen LogP contribution in [-0.4, -0.2) is 29.0 Å². The van der Waals surface area contributed by atoms with Crippen LogP contribution in [0.1, 0.15) is 5.56 Å². The number of ether oxygens (including phenoxy) is 1. The monoisotopic (exact) mass is 351 g/mol. The predicted molar refractivity (Wildman–Crippen MR) is 96.1 cm³/mol. The third kappa shape index (κ3) is 5.11. The minimum Gasteiger partial charge on any atom is -0.484 e. The van der Waals surface area contributed by atoms with Crippen LogP contribution in [0.25, 0.3) is 11.4 Å². The molecule has 0 fully saturated rings. The van der Waals surface area contributed by atoms with Crippen molar-refractivity contribution in [3.8, 4) is 17.1 Å². The zero-order chi connectivity index (χ0) is 18.2. The number of rotatable bonds is 7. The van der Waals surface area contributed by atoms with E-state index in [1.165, 1.54) is 24.3 Å². The fourth-order valence-corrected chi connectivity index (χ4v) is 2.30. The number of hydrogen-bond donors (Lipinski definition) is 1. The van der Waals surface area contributed by atoms with Crippen molar-refractivity contribution >= 4 is 5.91 Å². The highest BCUT2D eigenvalue weighted by atomic mass is 19.1. The molecule has 1 aromatic heterocycles. The van der Waals surface area contributed by atoms with E-state index >= 15 is 0 Å². The molecule has 1 heterocycles. The van der Waals surface area contributed by atoms with Crippen molar-refractivity contribution in [2.24, 2.45) is 0 Å². The molecular formula is C20H18FN3O2. The minimum atomic E-state index is -0.345. The van der Waals surface area contributed by atoms with E-state index < -0.39 is 0 Å². The Morgan fingerprint density at radius 3 is 2.38 bits per heavy atom. The summed E-state index contributed by atoms with van der Waals surface area (Å²) >= 11 is 0. The molecule has 0 saturated carbocycles. The molecule has 5 nitrogen and oxygen atoms in total. The lowest BCUT2D eigenvalue weighted by molar-refractivity contribution is -0.123. The van der Waals surface area contributed by atoms with Crippen LogP contribution < -0.4 is 10.1 Å². The van der Waals surface area contributed by atoms with Gasteiger partial charge < -0.3 is 10.1 Å². The predicted octanol–water partition coefficient (Wildman–Crippen LogP) is 3.02. The number of amides is 1. The molecule has 0 saturated heterocycles. The average molecular weight is 351 g/mol. The summed E-state index contributed by atoms with van der Waals surface area (Å²) in [6.07, 6.45) is 4.14. The van der Waals surface area contributed by atoms with Gasteiger partial charge in [-0.2, -0.15) is 0 Å². The van der Waals surface area contributed by atoms with Crippen LogP contribution in [0.4, 0.5) is 4.39 Å². The van der Waals surface area contributed by atoms with Crippen molar-refractivity contribution in [1.82, 2.24) is 15.3 Å². The summed E-state index contributed by atoms with van der Waals surface area (Å²) in [5, 5.41) is 2.77. The number of hydrogen-bond acceptors (Lipinski definition) is 4. The lowest BCUT2D eigenvalue weighted by Gasteiger charge is -2.07. The van der Waals surface area contributed by atoms with E-state index in [4.69, 9.17) is 4.74 Å². The Kier molecular flexibility index (Phi) is 5.88. The molecule has 0 radical (unpaired) electrons. The average Bonchev–Trinajstić information content (AvgIpc) is 2.69. The number of benzene rings is 2. The van der Waals surface area contributed by atoms with Gasteiger partial charge in [-0.15, -0.1) is 0 Å². The summed E-state index contributed by atoms with van der Waals surface area (Å²) in [6, 6.07) is 15.3. The minimum absolute atomic E-state index is 0.116. The van der Waals surface area contributed by atoms with E-state index in [0.29, 0.717) is 24.5 Å². The van der Waals surface area contributed by atoms with Gasteiger partial charge in [-0.1, -0.05) is 30.3 Å². The maximum Gasteiger partial charge on any atom is 0.257 e. The van der Waals surface area contributed by atoms with Crippen molar-refractivity contribution in [2.45, 2.75) is 6.42 Å². The van der Waals surface area contributed by atoms with Crippen LogP contribution in [0, 0.1) is 5.82 Å². The quantitative estimate of drug-likeness (QED) is 0.711. The summed E-state index contributed by atoms with van der Waals surface area (Å²) in [4.78, 5) is 20.5. The molecule has 0 spiro atoms. The van der Waals surface area contributed by atoms with Gasteiger partial charge in [0.2, 0.25) is 0 Å². The number of nitrogens with one attached hydrogen (secondary N) is 1. The normalized spacial score (nSPS) is 10.3. The SMILES string of the molecule is O=C(COc1ccc(F)cc1)NCCc1cnc(-c2ccccc2)nc1. The standard InChI is InChI=1S/C20H18FN3O2/c21-17-6-8-18(9-7-17)26-14-19(25)22-11-10-15-12-23-20(24-13-15)16-4-2-1-3-5-16/h1-9,12-13H,10-11,14H2,(H,22,25). The number of aromatic nitrogens is 2. The van der Waals surface area contributed by atoms with Gasteiger partial charge in [-0.05, 0) is 36.2 Å². The zero-order valence-electron chi connectivity index (χ0n) is 14.1. The van der Waals surface area contributed by atoms with Crippen LogP contribution in [0.3, 0.4) is 0 Å². The van der Waals surface area contributed by atoms with Gasteiger partial charge in [-0.25, -0.2) is 14.4 Å². The molecule has 3 rings (SSSR count). The first-order valence-electron chi connectivity index (χ1n) is 8.22. The number of carbonyl (C=O) groups is 1. The number of carbonyl (C=O) groups excluding carboxylic acids is 1. The van der Waals surface area contributed by atoms with E-state index in [2.05, 4.69) is 15.3 Å². The highest BCUT2D eigenvalue weighted by molar-refractivity contribution is 5.77. The number of nitrogens with zero attached hydrogens (tertiary/aromatic N) is 2. The van der Waals surface area contributed by atoms with Crippen LogP contribution in [0.2, 0.25) is 0 Å². The summed E-state index contributed by atoms with van der Waals surface area (Å²) < 4.78 is 18.1. The van der Waals surface area contributed by atoms with Crippen molar-refractivity contribution in [2.75, 3.05) is 13.2 Å². The molecule has 1 N–H and O–H groups in total. The van der Waals surface area contributed by atoms with Gasteiger partial charge in [-0.3, -0.25) is 4.79 Å². The van der Waals surface area contributed by atoms with Gasteiger partial charge in [0.1, 0.15) is 11.6 Å². The van der Waals surface area contributed by atoms with Crippen LogP contribution in [-0.2, 0) is 11.2 Å². The van der Waals surface area contributed by atoms with E-state index in [9.17, 15) is 9.18 Å². The molecule has 0 aliphatic heterocycles. The van der Waals surface area contributed by atoms with E-state index in [1.54, 1.807) is 12.4 Å². The van der Waals surface area contributed by atoms with E-state index in [-0.39, 0.29) is 18.3 Å². The fraction of sp³-hybridized carbons (Fsp3) is 0.150. The zero-order valence-corrected chi connectivity index (χ0v) is 14.1. The van der Waals surface area contributed by atoms with Gasteiger partial charge in [0, 0.05) is 24.5 Å². The van der Waals surface area contributed by atoms with Crippen molar-refractivity contribution < 1.29 is 13.9 Å². The smallest absolute Gasteiger partial charge is 0.257 e. The summed E-state index contributed by atoms with van der Waals surface area (Å²) in [5.74, 6) is 0.538. The Morgan fingerprint density at radius 1 is 1.00 bits per heavy atom. The fourth-order valence-electron chi connectivity index (χ4n) is 2.30. The maximum atomic E-state index is 12.8. The van der Waals surface area contributed by atoms with Crippen LogP contribution in [0.5, 0.6) is 5.75 Å². The van der Waals surface area contributed by atoms with Crippen LogP contribution >= 0.6 is 0 Å². The van der Waals surface area contributed by atoms with Crippen molar-refractivity contribution in [1.29, 1.82) is 0 Å². The molecular weight excluding hydrogens is 333 g/mol. The molecule has 0 unspecified atom stereocenters. The first kappa shape index (κ1) is 17.5. The van der Waals surface area contributed by atoms with Gasteiger partial charge in [0.05, 0.1) is 0 Å².